The lowest BCUT2D eigenvalue weighted by atomic mass is 10.2. The van der Waals surface area contributed by atoms with Crippen molar-refractivity contribution in [1.29, 1.82) is 0 Å². The maximum atomic E-state index is 5.00. The molecule has 10 heavy (non-hydrogen) atoms. The van der Waals surface area contributed by atoms with Crippen LogP contribution in [0.4, 0.5) is 0 Å². The summed E-state index contributed by atoms with van der Waals surface area (Å²) >= 11 is 9.99. The SMILES string of the molecule is ClOCCCCCCOCl. The third-order valence-corrected chi connectivity index (χ3v) is 1.50. The fourth-order valence-electron chi connectivity index (χ4n) is 0.667. The highest BCUT2D eigenvalue weighted by Crippen LogP contribution is 2.01. The van der Waals surface area contributed by atoms with Crippen LogP contribution in [-0.2, 0) is 8.58 Å². The van der Waals surface area contributed by atoms with Crippen molar-refractivity contribution in [2.24, 2.45) is 0 Å². The lowest BCUT2D eigenvalue weighted by Crippen LogP contribution is -1.87. The van der Waals surface area contributed by atoms with Gasteiger partial charge in [0.05, 0.1) is 36.9 Å². The first-order valence-electron chi connectivity index (χ1n) is 3.39. The second kappa shape index (κ2) is 9.50. The van der Waals surface area contributed by atoms with Gasteiger partial charge in [0.2, 0.25) is 0 Å². The van der Waals surface area contributed by atoms with Crippen LogP contribution >= 0.6 is 23.7 Å². The van der Waals surface area contributed by atoms with E-state index >= 15 is 0 Å². The Morgan fingerprint density at radius 3 is 1.40 bits per heavy atom. The zero-order valence-corrected chi connectivity index (χ0v) is 7.33. The molecule has 0 unspecified atom stereocenters. The average molecular weight is 187 g/mol. The standard InChI is InChI=1S/C6H12Cl2O2/c7-9-5-3-1-2-4-6-10-8/h1-6H2. The van der Waals surface area contributed by atoms with Gasteiger partial charge in [-0.05, 0) is 12.8 Å². The fraction of sp³-hybridized carbons (Fsp3) is 1.00. The Labute approximate surface area is 71.7 Å². The smallest absolute Gasteiger partial charge is 0.0682 e. The zero-order valence-electron chi connectivity index (χ0n) is 5.82. The molecule has 0 amide bonds. The molecule has 0 bridgehead atoms. The molecule has 0 aromatic heterocycles. The Bertz CT molecular complexity index is 53.7. The van der Waals surface area contributed by atoms with E-state index in [0.717, 1.165) is 25.7 Å². The molecule has 0 radical (unpaired) electrons. The summed E-state index contributed by atoms with van der Waals surface area (Å²) in [5.41, 5.74) is 0. The van der Waals surface area contributed by atoms with E-state index in [4.69, 9.17) is 23.7 Å². The lowest BCUT2D eigenvalue weighted by Gasteiger charge is -1.96. The van der Waals surface area contributed by atoms with E-state index in [2.05, 4.69) is 8.58 Å². The van der Waals surface area contributed by atoms with Gasteiger partial charge in [-0.1, -0.05) is 12.8 Å². The van der Waals surface area contributed by atoms with Crippen LogP contribution in [0.15, 0.2) is 0 Å². The van der Waals surface area contributed by atoms with Gasteiger partial charge >= 0.3 is 0 Å². The maximum Gasteiger partial charge on any atom is 0.0682 e. The number of halogens is 2. The van der Waals surface area contributed by atoms with Crippen LogP contribution in [0, 0.1) is 0 Å². The topological polar surface area (TPSA) is 18.5 Å². The van der Waals surface area contributed by atoms with E-state index < -0.39 is 0 Å². The summed E-state index contributed by atoms with van der Waals surface area (Å²) in [6, 6.07) is 0. The monoisotopic (exact) mass is 186 g/mol. The molecule has 2 nitrogen and oxygen atoms in total. The Balaban J connectivity index is 2.65. The molecule has 0 rings (SSSR count). The number of rotatable bonds is 7. The first-order valence-corrected chi connectivity index (χ1v) is 4.00. The fourth-order valence-corrected chi connectivity index (χ4v) is 0.885. The Morgan fingerprint density at radius 2 is 1.10 bits per heavy atom. The van der Waals surface area contributed by atoms with E-state index in [9.17, 15) is 0 Å². The van der Waals surface area contributed by atoms with Gasteiger partial charge in [0.1, 0.15) is 0 Å². The van der Waals surface area contributed by atoms with Crippen molar-refractivity contribution in [3.8, 4) is 0 Å². The molecule has 0 aromatic carbocycles. The second-order valence-electron chi connectivity index (χ2n) is 2.04. The lowest BCUT2D eigenvalue weighted by molar-refractivity contribution is 0.315. The quantitative estimate of drug-likeness (QED) is 0.570. The molecule has 0 fully saturated rings. The van der Waals surface area contributed by atoms with Crippen LogP contribution in [0.2, 0.25) is 0 Å². The molecule has 0 saturated carbocycles. The van der Waals surface area contributed by atoms with Crippen molar-refractivity contribution < 1.29 is 8.58 Å². The third kappa shape index (κ3) is 8.50. The van der Waals surface area contributed by atoms with Crippen molar-refractivity contribution >= 4 is 23.7 Å². The normalized spacial score (nSPS) is 10.2. The zero-order chi connectivity index (χ0) is 7.66. The minimum absolute atomic E-state index is 0.628. The molecule has 0 aromatic rings. The largest absolute Gasteiger partial charge is 0.279 e. The van der Waals surface area contributed by atoms with Crippen LogP contribution in [0.3, 0.4) is 0 Å². The molecular formula is C6H12Cl2O2. The van der Waals surface area contributed by atoms with E-state index in [1.807, 2.05) is 0 Å². The third-order valence-electron chi connectivity index (χ3n) is 1.19. The molecule has 0 aliphatic carbocycles. The second-order valence-corrected chi connectivity index (χ2v) is 2.48. The summed E-state index contributed by atoms with van der Waals surface area (Å²) in [6.07, 6.45) is 4.25. The summed E-state index contributed by atoms with van der Waals surface area (Å²) in [6.45, 7) is 1.26. The molecule has 0 aliphatic rings. The van der Waals surface area contributed by atoms with Gasteiger partial charge in [-0.25, -0.2) is 0 Å². The Hall–Kier alpha value is 0.500. The average Bonchev–Trinajstić information content (AvgIpc) is 1.97. The summed E-state index contributed by atoms with van der Waals surface area (Å²) in [5.74, 6) is 0. The maximum absolute atomic E-state index is 5.00. The van der Waals surface area contributed by atoms with E-state index in [0.29, 0.717) is 13.2 Å². The van der Waals surface area contributed by atoms with Gasteiger partial charge in [-0.2, -0.15) is 0 Å². The van der Waals surface area contributed by atoms with Gasteiger partial charge in [-0.15, -0.1) is 0 Å². The van der Waals surface area contributed by atoms with Crippen LogP contribution in [0.5, 0.6) is 0 Å². The molecular weight excluding hydrogens is 175 g/mol. The van der Waals surface area contributed by atoms with Crippen molar-refractivity contribution in [2.75, 3.05) is 13.2 Å². The van der Waals surface area contributed by atoms with Crippen molar-refractivity contribution in [3.63, 3.8) is 0 Å². The predicted molar refractivity (Wildman–Crippen MR) is 42.1 cm³/mol. The van der Waals surface area contributed by atoms with Crippen LogP contribution < -0.4 is 0 Å². The van der Waals surface area contributed by atoms with E-state index in [1.165, 1.54) is 0 Å². The van der Waals surface area contributed by atoms with Crippen molar-refractivity contribution in [3.05, 3.63) is 0 Å². The highest BCUT2D eigenvalue weighted by atomic mass is 35.5. The molecule has 4 heteroatoms. The molecule has 0 spiro atoms. The van der Waals surface area contributed by atoms with Crippen molar-refractivity contribution in [2.45, 2.75) is 25.7 Å². The van der Waals surface area contributed by atoms with Gasteiger partial charge in [0.15, 0.2) is 0 Å². The van der Waals surface area contributed by atoms with Crippen LogP contribution in [0.1, 0.15) is 25.7 Å². The first kappa shape index (κ1) is 10.5. The van der Waals surface area contributed by atoms with Crippen molar-refractivity contribution in [1.82, 2.24) is 0 Å². The van der Waals surface area contributed by atoms with E-state index in [1.54, 1.807) is 0 Å². The number of unbranched alkanes of at least 4 members (excludes halogenated alkanes) is 3. The summed E-state index contributed by atoms with van der Waals surface area (Å²) < 4.78 is 8.73. The molecule has 0 heterocycles. The predicted octanol–water partition coefficient (Wildman–Crippen LogP) is 2.89. The van der Waals surface area contributed by atoms with Crippen LogP contribution in [-0.4, -0.2) is 13.2 Å². The summed E-state index contributed by atoms with van der Waals surface area (Å²) in [4.78, 5) is 0. The summed E-state index contributed by atoms with van der Waals surface area (Å²) in [5, 5.41) is 0. The Kier molecular flexibility index (Phi) is 9.97. The molecule has 0 aliphatic heterocycles. The van der Waals surface area contributed by atoms with E-state index in [-0.39, 0.29) is 0 Å². The van der Waals surface area contributed by atoms with Crippen LogP contribution in [0.25, 0.3) is 0 Å². The minimum Gasteiger partial charge on any atom is -0.279 e. The molecule has 62 valence electrons. The number of hydrogen-bond acceptors (Lipinski definition) is 2. The highest BCUT2D eigenvalue weighted by Gasteiger charge is 1.89. The Morgan fingerprint density at radius 1 is 0.700 bits per heavy atom. The first-order chi connectivity index (χ1) is 4.91. The molecule has 0 atom stereocenters. The highest BCUT2D eigenvalue weighted by molar-refractivity contribution is 6.07. The molecule has 0 N–H and O–H groups in total. The van der Waals surface area contributed by atoms with Gasteiger partial charge in [0, 0.05) is 0 Å². The molecule has 0 saturated heterocycles. The summed E-state index contributed by atoms with van der Waals surface area (Å²) in [7, 11) is 0. The van der Waals surface area contributed by atoms with Gasteiger partial charge in [-0.3, -0.25) is 8.58 Å². The number of hydrogen-bond donors (Lipinski definition) is 0. The van der Waals surface area contributed by atoms with Gasteiger partial charge in [0.25, 0.3) is 0 Å². The minimum atomic E-state index is 0.628. The van der Waals surface area contributed by atoms with Gasteiger partial charge < -0.3 is 0 Å².